The van der Waals surface area contributed by atoms with Gasteiger partial charge in [-0.15, -0.1) is 0 Å². The van der Waals surface area contributed by atoms with Gasteiger partial charge in [-0.1, -0.05) is 36.4 Å². The Balaban J connectivity index is 1.56. The predicted octanol–water partition coefficient (Wildman–Crippen LogP) is 5.12. The first kappa shape index (κ1) is 13.0. The minimum atomic E-state index is 1.06. The molecule has 22 heavy (non-hydrogen) atoms. The second-order valence-corrected chi connectivity index (χ2v) is 5.57. The molecule has 1 aliphatic rings. The maximum absolute atomic E-state index is 3.42. The molecule has 3 aromatic carbocycles. The van der Waals surface area contributed by atoms with E-state index in [9.17, 15) is 0 Å². The van der Waals surface area contributed by atoms with Crippen LogP contribution < -0.4 is 10.2 Å². The number of nitrogens with one attached hydrogen (secondary N) is 1. The van der Waals surface area contributed by atoms with Gasteiger partial charge in [0.25, 0.3) is 0 Å². The molecule has 0 aliphatic carbocycles. The van der Waals surface area contributed by atoms with Crippen LogP contribution in [0, 0.1) is 0 Å². The minimum absolute atomic E-state index is 1.06. The molecule has 2 nitrogen and oxygen atoms in total. The summed E-state index contributed by atoms with van der Waals surface area (Å²) in [5.74, 6) is 0. The quantitative estimate of drug-likeness (QED) is 0.718. The van der Waals surface area contributed by atoms with Crippen molar-refractivity contribution in [1.82, 2.24) is 0 Å². The van der Waals surface area contributed by atoms with Crippen LogP contribution in [0.25, 0.3) is 0 Å². The van der Waals surface area contributed by atoms with Crippen LogP contribution in [-0.4, -0.2) is 6.54 Å². The molecule has 1 aliphatic heterocycles. The van der Waals surface area contributed by atoms with Gasteiger partial charge in [-0.25, -0.2) is 0 Å². The lowest BCUT2D eigenvalue weighted by molar-refractivity contribution is 0.998. The van der Waals surface area contributed by atoms with Gasteiger partial charge in [-0.3, -0.25) is 0 Å². The summed E-state index contributed by atoms with van der Waals surface area (Å²) in [6.07, 6.45) is 1.13. The predicted molar refractivity (Wildman–Crippen MR) is 93.3 cm³/mol. The maximum atomic E-state index is 3.42. The van der Waals surface area contributed by atoms with Gasteiger partial charge in [0.05, 0.1) is 0 Å². The van der Waals surface area contributed by atoms with Crippen LogP contribution >= 0.6 is 0 Å². The number of benzene rings is 3. The molecule has 0 saturated heterocycles. The summed E-state index contributed by atoms with van der Waals surface area (Å²) in [7, 11) is 0. The third kappa shape index (κ3) is 2.44. The lowest BCUT2D eigenvalue weighted by Gasteiger charge is -2.20. The van der Waals surface area contributed by atoms with Crippen LogP contribution in [0.4, 0.5) is 22.7 Å². The Bertz CT molecular complexity index is 763. The van der Waals surface area contributed by atoms with Crippen molar-refractivity contribution < 1.29 is 0 Å². The smallest absolute Gasteiger partial charge is 0.0444 e. The molecule has 108 valence electrons. The van der Waals surface area contributed by atoms with Gasteiger partial charge in [0.15, 0.2) is 0 Å². The highest BCUT2D eigenvalue weighted by atomic mass is 15.2. The number of rotatable bonds is 3. The standard InChI is InChI=1S/C20H18N2/c1-2-7-17(8-3-1)21-18-10-12-19(13-11-18)22-15-14-16-6-4-5-9-20(16)22/h1-13,21H,14-15H2. The molecule has 0 atom stereocenters. The van der Waals surface area contributed by atoms with E-state index in [1.54, 1.807) is 0 Å². The van der Waals surface area contributed by atoms with Gasteiger partial charge >= 0.3 is 0 Å². The molecular formula is C20H18N2. The third-order valence-electron chi connectivity index (χ3n) is 4.13. The van der Waals surface area contributed by atoms with Crippen molar-refractivity contribution in [2.45, 2.75) is 6.42 Å². The van der Waals surface area contributed by atoms with Crippen LogP contribution in [0.15, 0.2) is 78.9 Å². The molecule has 3 aromatic rings. The van der Waals surface area contributed by atoms with E-state index in [0.29, 0.717) is 0 Å². The van der Waals surface area contributed by atoms with Crippen LogP contribution in [0.5, 0.6) is 0 Å². The van der Waals surface area contributed by atoms with Crippen LogP contribution in [0.3, 0.4) is 0 Å². The van der Waals surface area contributed by atoms with Gasteiger partial charge in [0, 0.05) is 29.3 Å². The Labute approximate surface area is 131 Å². The zero-order valence-electron chi connectivity index (χ0n) is 12.4. The summed E-state index contributed by atoms with van der Waals surface area (Å²) in [5, 5.41) is 3.42. The number of hydrogen-bond acceptors (Lipinski definition) is 2. The zero-order valence-corrected chi connectivity index (χ0v) is 12.4. The first-order chi connectivity index (χ1) is 10.9. The van der Waals surface area contributed by atoms with Crippen LogP contribution in [-0.2, 0) is 6.42 Å². The molecule has 0 amide bonds. The number of fused-ring (bicyclic) bond motifs is 1. The first-order valence-corrected chi connectivity index (χ1v) is 7.68. The molecule has 0 aromatic heterocycles. The molecule has 4 rings (SSSR count). The highest BCUT2D eigenvalue weighted by Gasteiger charge is 2.19. The van der Waals surface area contributed by atoms with Crippen molar-refractivity contribution in [1.29, 1.82) is 0 Å². The van der Waals surface area contributed by atoms with E-state index < -0.39 is 0 Å². The van der Waals surface area contributed by atoms with Crippen molar-refractivity contribution in [2.75, 3.05) is 16.8 Å². The molecule has 2 heteroatoms. The van der Waals surface area contributed by atoms with E-state index in [1.807, 2.05) is 18.2 Å². The van der Waals surface area contributed by atoms with Gasteiger partial charge < -0.3 is 10.2 Å². The SMILES string of the molecule is c1ccc(Nc2ccc(N3CCc4ccccc43)cc2)cc1. The zero-order chi connectivity index (χ0) is 14.8. The molecule has 0 radical (unpaired) electrons. The molecule has 0 bridgehead atoms. The molecule has 0 spiro atoms. The van der Waals surface area contributed by atoms with Crippen LogP contribution in [0.2, 0.25) is 0 Å². The highest BCUT2D eigenvalue weighted by Crippen LogP contribution is 2.34. The molecular weight excluding hydrogens is 268 g/mol. The van der Waals surface area contributed by atoms with E-state index in [1.165, 1.54) is 16.9 Å². The Morgan fingerprint density at radius 1 is 0.682 bits per heavy atom. The fourth-order valence-corrected chi connectivity index (χ4v) is 3.02. The maximum Gasteiger partial charge on any atom is 0.0444 e. The summed E-state index contributed by atoms with van der Waals surface area (Å²) >= 11 is 0. The summed E-state index contributed by atoms with van der Waals surface area (Å²) < 4.78 is 0. The number of anilines is 4. The van der Waals surface area contributed by atoms with Crippen molar-refractivity contribution >= 4 is 22.7 Å². The lowest BCUT2D eigenvalue weighted by Crippen LogP contribution is -2.12. The van der Waals surface area contributed by atoms with Gasteiger partial charge in [0.1, 0.15) is 0 Å². The Morgan fingerprint density at radius 2 is 1.36 bits per heavy atom. The Hall–Kier alpha value is -2.74. The van der Waals surface area contributed by atoms with E-state index in [2.05, 4.69) is 70.9 Å². The minimum Gasteiger partial charge on any atom is -0.356 e. The van der Waals surface area contributed by atoms with Crippen molar-refractivity contribution in [2.24, 2.45) is 0 Å². The Morgan fingerprint density at radius 3 is 2.18 bits per heavy atom. The summed E-state index contributed by atoms with van der Waals surface area (Å²) in [4.78, 5) is 2.39. The summed E-state index contributed by atoms with van der Waals surface area (Å²) in [5.41, 5.74) is 6.26. The van der Waals surface area contributed by atoms with Gasteiger partial charge in [-0.2, -0.15) is 0 Å². The second-order valence-electron chi connectivity index (χ2n) is 5.57. The van der Waals surface area contributed by atoms with Crippen molar-refractivity contribution in [3.63, 3.8) is 0 Å². The van der Waals surface area contributed by atoms with E-state index >= 15 is 0 Å². The molecule has 0 unspecified atom stereocenters. The number of para-hydroxylation sites is 2. The van der Waals surface area contributed by atoms with Gasteiger partial charge in [-0.05, 0) is 54.4 Å². The molecule has 1 N–H and O–H groups in total. The second kappa shape index (κ2) is 5.57. The third-order valence-corrected chi connectivity index (χ3v) is 4.13. The van der Waals surface area contributed by atoms with E-state index in [0.717, 1.165) is 24.3 Å². The number of hydrogen-bond donors (Lipinski definition) is 1. The van der Waals surface area contributed by atoms with E-state index in [-0.39, 0.29) is 0 Å². The fraction of sp³-hybridized carbons (Fsp3) is 0.100. The van der Waals surface area contributed by atoms with Crippen molar-refractivity contribution in [3.05, 3.63) is 84.4 Å². The largest absolute Gasteiger partial charge is 0.356 e. The highest BCUT2D eigenvalue weighted by molar-refractivity contribution is 5.71. The van der Waals surface area contributed by atoms with E-state index in [4.69, 9.17) is 0 Å². The molecule has 1 heterocycles. The first-order valence-electron chi connectivity index (χ1n) is 7.68. The average Bonchev–Trinajstić information content (AvgIpc) is 3.01. The van der Waals surface area contributed by atoms with Gasteiger partial charge in [0.2, 0.25) is 0 Å². The van der Waals surface area contributed by atoms with Crippen LogP contribution in [0.1, 0.15) is 5.56 Å². The summed E-state index contributed by atoms with van der Waals surface area (Å²) in [6.45, 7) is 1.06. The number of nitrogens with zero attached hydrogens (tertiary/aromatic N) is 1. The monoisotopic (exact) mass is 286 g/mol. The Kier molecular flexibility index (Phi) is 3.28. The average molecular weight is 286 g/mol. The lowest BCUT2D eigenvalue weighted by atomic mass is 10.2. The molecule has 0 saturated carbocycles. The summed E-state index contributed by atoms with van der Waals surface area (Å²) in [6, 6.07) is 27.6. The fourth-order valence-electron chi connectivity index (χ4n) is 3.02. The molecule has 0 fully saturated rings. The normalized spacial score (nSPS) is 13.0. The van der Waals surface area contributed by atoms with Crippen molar-refractivity contribution in [3.8, 4) is 0 Å². The topological polar surface area (TPSA) is 15.3 Å².